The molecule has 1 aromatic rings. The van der Waals surface area contributed by atoms with Crippen LogP contribution in [0.2, 0.25) is 0 Å². The van der Waals surface area contributed by atoms with Crippen molar-refractivity contribution in [3.8, 4) is 6.07 Å². The molecule has 0 bridgehead atoms. The van der Waals surface area contributed by atoms with E-state index in [4.69, 9.17) is 5.26 Å². The molecule has 0 aromatic heterocycles. The number of benzene rings is 1. The molecule has 0 aliphatic rings. The van der Waals surface area contributed by atoms with E-state index in [1.54, 1.807) is 24.3 Å². The summed E-state index contributed by atoms with van der Waals surface area (Å²) in [6, 6.07) is 8.83. The lowest BCUT2D eigenvalue weighted by Crippen LogP contribution is -1.99. The van der Waals surface area contributed by atoms with Crippen molar-refractivity contribution < 1.29 is 4.79 Å². The molecule has 1 aromatic carbocycles. The van der Waals surface area contributed by atoms with Gasteiger partial charge in [0.25, 0.3) is 0 Å². The molecule has 0 fully saturated rings. The van der Waals surface area contributed by atoms with Gasteiger partial charge >= 0.3 is 0 Å². The Balaban J connectivity index is 2.75. The fourth-order valence-corrected chi connectivity index (χ4v) is 1.41. The van der Waals surface area contributed by atoms with Crippen LogP contribution in [0.4, 0.5) is 0 Å². The number of alkyl halides is 1. The smallest absolute Gasteiger partial charge is 0.162 e. The summed E-state index contributed by atoms with van der Waals surface area (Å²) < 4.78 is 0. The normalized spacial score (nSPS) is 9.43. The number of Topliss-reactive ketones (excluding diaryl/α,β-unsaturated/α-hetero) is 1. The fourth-order valence-electron chi connectivity index (χ4n) is 1.13. The monoisotopic (exact) mass is 251 g/mol. The van der Waals surface area contributed by atoms with Crippen LogP contribution in [-0.4, -0.2) is 11.1 Å². The number of hydrogen-bond donors (Lipinski definition) is 0. The third kappa shape index (κ3) is 2.97. The zero-order chi connectivity index (χ0) is 10.4. The van der Waals surface area contributed by atoms with Crippen molar-refractivity contribution in [2.45, 2.75) is 12.8 Å². The summed E-state index contributed by atoms with van der Waals surface area (Å²) in [5.74, 6) is 0.0987. The van der Waals surface area contributed by atoms with Crippen LogP contribution in [0, 0.1) is 11.3 Å². The van der Waals surface area contributed by atoms with E-state index < -0.39 is 0 Å². The molecule has 0 spiro atoms. The van der Waals surface area contributed by atoms with Crippen molar-refractivity contribution in [1.82, 2.24) is 0 Å². The summed E-state index contributed by atoms with van der Waals surface area (Å²) in [7, 11) is 0. The second-order valence-corrected chi connectivity index (χ2v) is 3.70. The van der Waals surface area contributed by atoms with Gasteiger partial charge in [-0.25, -0.2) is 0 Å². The molecule has 2 nitrogen and oxygen atoms in total. The van der Waals surface area contributed by atoms with Crippen molar-refractivity contribution in [2.24, 2.45) is 0 Å². The Kier molecular flexibility index (Phi) is 4.34. The van der Waals surface area contributed by atoms with Crippen LogP contribution in [0.15, 0.2) is 24.3 Å². The molecule has 0 heterocycles. The minimum absolute atomic E-state index is 0.0987. The summed E-state index contributed by atoms with van der Waals surface area (Å²) >= 11 is 3.27. The van der Waals surface area contributed by atoms with Gasteiger partial charge in [-0.15, -0.1) is 0 Å². The van der Waals surface area contributed by atoms with E-state index in [0.29, 0.717) is 17.5 Å². The van der Waals surface area contributed by atoms with Crippen molar-refractivity contribution in [1.29, 1.82) is 5.26 Å². The lowest BCUT2D eigenvalue weighted by atomic mass is 10.0. The Hall–Kier alpha value is -1.14. The first-order valence-electron chi connectivity index (χ1n) is 4.37. The maximum Gasteiger partial charge on any atom is 0.162 e. The van der Waals surface area contributed by atoms with Crippen molar-refractivity contribution in [3.63, 3.8) is 0 Å². The maximum atomic E-state index is 11.5. The molecule has 0 N–H and O–H groups in total. The second-order valence-electron chi connectivity index (χ2n) is 2.91. The molecule has 0 amide bonds. The fraction of sp³-hybridized carbons (Fsp3) is 0.273. The van der Waals surface area contributed by atoms with Crippen LogP contribution >= 0.6 is 15.9 Å². The predicted octanol–water partition coefficient (Wildman–Crippen LogP) is 2.92. The predicted molar refractivity (Wildman–Crippen MR) is 58.5 cm³/mol. The molecule has 72 valence electrons. The van der Waals surface area contributed by atoms with Gasteiger partial charge in [-0.05, 0) is 18.6 Å². The van der Waals surface area contributed by atoms with Crippen LogP contribution < -0.4 is 0 Å². The highest BCUT2D eigenvalue weighted by Crippen LogP contribution is 2.08. The molecule has 0 saturated heterocycles. The number of nitriles is 1. The third-order valence-corrected chi connectivity index (χ3v) is 2.41. The summed E-state index contributed by atoms with van der Waals surface area (Å²) in [5, 5.41) is 9.48. The maximum absolute atomic E-state index is 11.5. The second kappa shape index (κ2) is 5.56. The van der Waals surface area contributed by atoms with Crippen LogP contribution in [0.5, 0.6) is 0 Å². The first kappa shape index (κ1) is 10.9. The number of carbonyl (C=O) groups is 1. The highest BCUT2D eigenvalue weighted by molar-refractivity contribution is 9.09. The molecular formula is C11H10BrNO. The molecule has 0 radical (unpaired) electrons. The van der Waals surface area contributed by atoms with E-state index in [-0.39, 0.29) is 5.78 Å². The molecule has 0 aliphatic heterocycles. The van der Waals surface area contributed by atoms with E-state index in [1.165, 1.54) is 0 Å². The van der Waals surface area contributed by atoms with Gasteiger partial charge in [0.05, 0.1) is 11.6 Å². The highest BCUT2D eigenvalue weighted by atomic mass is 79.9. The lowest BCUT2D eigenvalue weighted by Gasteiger charge is -1.99. The van der Waals surface area contributed by atoms with E-state index in [0.717, 1.165) is 11.8 Å². The van der Waals surface area contributed by atoms with Crippen LogP contribution in [0.3, 0.4) is 0 Å². The third-order valence-electron chi connectivity index (χ3n) is 1.85. The van der Waals surface area contributed by atoms with E-state index in [9.17, 15) is 4.79 Å². The van der Waals surface area contributed by atoms with Gasteiger partial charge in [-0.3, -0.25) is 4.79 Å². The minimum Gasteiger partial charge on any atom is -0.294 e. The van der Waals surface area contributed by atoms with Gasteiger partial charge in [-0.1, -0.05) is 28.1 Å². The molecule has 3 heteroatoms. The first-order chi connectivity index (χ1) is 6.77. The standard InChI is InChI=1S/C11H10BrNO/c12-6-2-5-11(14)10-4-1-3-9(7-10)8-13/h1,3-4,7H,2,5-6H2. The zero-order valence-corrected chi connectivity index (χ0v) is 9.25. The summed E-state index contributed by atoms with van der Waals surface area (Å²) in [6.45, 7) is 0. The molecule has 1 rings (SSSR count). The molecule has 0 atom stereocenters. The van der Waals surface area contributed by atoms with Gasteiger partial charge in [-0.2, -0.15) is 5.26 Å². The van der Waals surface area contributed by atoms with Crippen molar-refractivity contribution in [2.75, 3.05) is 5.33 Å². The lowest BCUT2D eigenvalue weighted by molar-refractivity contribution is 0.0982. The van der Waals surface area contributed by atoms with E-state index in [1.807, 2.05) is 6.07 Å². The minimum atomic E-state index is 0.0987. The molecule has 0 saturated carbocycles. The average Bonchev–Trinajstić information content (AvgIpc) is 2.26. The van der Waals surface area contributed by atoms with Gasteiger partial charge in [0.2, 0.25) is 0 Å². The zero-order valence-electron chi connectivity index (χ0n) is 7.66. The number of ketones is 1. The molecule has 14 heavy (non-hydrogen) atoms. The topological polar surface area (TPSA) is 40.9 Å². The largest absolute Gasteiger partial charge is 0.294 e. The highest BCUT2D eigenvalue weighted by Gasteiger charge is 2.05. The van der Waals surface area contributed by atoms with E-state index in [2.05, 4.69) is 15.9 Å². The van der Waals surface area contributed by atoms with Crippen molar-refractivity contribution in [3.05, 3.63) is 35.4 Å². The SMILES string of the molecule is N#Cc1cccc(C(=O)CCCBr)c1. The Labute approximate surface area is 91.7 Å². The summed E-state index contributed by atoms with van der Waals surface area (Å²) in [4.78, 5) is 11.5. The van der Waals surface area contributed by atoms with Crippen molar-refractivity contribution >= 4 is 21.7 Å². The number of halogens is 1. The first-order valence-corrected chi connectivity index (χ1v) is 5.49. The van der Waals surface area contributed by atoms with E-state index >= 15 is 0 Å². The Bertz CT molecular complexity index is 368. The van der Waals surface area contributed by atoms with Gasteiger partial charge < -0.3 is 0 Å². The Morgan fingerprint density at radius 1 is 1.50 bits per heavy atom. The summed E-state index contributed by atoms with van der Waals surface area (Å²) in [5.41, 5.74) is 1.17. The van der Waals surface area contributed by atoms with Gasteiger partial charge in [0, 0.05) is 17.3 Å². The molecular weight excluding hydrogens is 242 g/mol. The molecule has 0 aliphatic carbocycles. The number of hydrogen-bond acceptors (Lipinski definition) is 2. The van der Waals surface area contributed by atoms with Crippen LogP contribution in [0.25, 0.3) is 0 Å². The van der Waals surface area contributed by atoms with Crippen LogP contribution in [-0.2, 0) is 0 Å². The number of rotatable bonds is 4. The van der Waals surface area contributed by atoms with Gasteiger partial charge in [0.1, 0.15) is 0 Å². The Morgan fingerprint density at radius 2 is 2.29 bits per heavy atom. The quantitative estimate of drug-likeness (QED) is 0.610. The van der Waals surface area contributed by atoms with Gasteiger partial charge in [0.15, 0.2) is 5.78 Å². The summed E-state index contributed by atoms with van der Waals surface area (Å²) in [6.07, 6.45) is 1.36. The molecule has 0 unspecified atom stereocenters. The van der Waals surface area contributed by atoms with Crippen LogP contribution in [0.1, 0.15) is 28.8 Å². The number of carbonyl (C=O) groups excluding carboxylic acids is 1. The number of nitrogens with zero attached hydrogens (tertiary/aromatic N) is 1. The average molecular weight is 252 g/mol. The Morgan fingerprint density at radius 3 is 2.93 bits per heavy atom.